The Hall–Kier alpha value is -2.49. The number of carbonyl (C=O) groups excluding carboxylic acids is 2. The molecule has 1 saturated heterocycles. The van der Waals surface area contributed by atoms with Crippen molar-refractivity contribution in [3.8, 4) is 6.07 Å². The van der Waals surface area contributed by atoms with Gasteiger partial charge in [-0.3, -0.25) is 4.79 Å². The smallest absolute Gasteiger partial charge is 0.408 e. The minimum absolute atomic E-state index is 0.0848. The number of ether oxygens (including phenoxy) is 1. The lowest BCUT2D eigenvalue weighted by Crippen LogP contribution is -2.51. The number of nitrogens with zero attached hydrogens (tertiary/aromatic N) is 3. The maximum atomic E-state index is 13.0. The van der Waals surface area contributed by atoms with Gasteiger partial charge in [0, 0.05) is 25.8 Å². The van der Waals surface area contributed by atoms with Gasteiger partial charge >= 0.3 is 6.09 Å². The summed E-state index contributed by atoms with van der Waals surface area (Å²) in [6, 6.07) is 4.97. The fourth-order valence-electron chi connectivity index (χ4n) is 3.14. The van der Waals surface area contributed by atoms with Crippen LogP contribution in [0.25, 0.3) is 0 Å². The lowest BCUT2D eigenvalue weighted by atomic mass is 9.98. The number of hydrogen-bond donors (Lipinski definition) is 1. The molecule has 1 unspecified atom stereocenters. The molecule has 1 aliphatic rings. The third-order valence-corrected chi connectivity index (χ3v) is 4.69. The van der Waals surface area contributed by atoms with Gasteiger partial charge in [-0.15, -0.1) is 0 Å². The van der Waals surface area contributed by atoms with Crippen LogP contribution in [0.4, 0.5) is 4.79 Å². The van der Waals surface area contributed by atoms with Crippen LogP contribution in [0.3, 0.4) is 0 Å². The molecule has 1 fully saturated rings. The Morgan fingerprint density at radius 3 is 2.63 bits per heavy atom. The molecule has 7 heteroatoms. The minimum Gasteiger partial charge on any atom is -0.444 e. The van der Waals surface area contributed by atoms with Gasteiger partial charge in [0.2, 0.25) is 5.91 Å². The molecule has 0 spiro atoms. The number of alkyl carbamates (subject to hydrolysis) is 1. The number of piperidine rings is 1. The third kappa shape index (κ3) is 6.31. The van der Waals surface area contributed by atoms with Gasteiger partial charge < -0.3 is 19.5 Å². The normalized spacial score (nSPS) is 16.5. The van der Waals surface area contributed by atoms with Crippen LogP contribution in [0.5, 0.6) is 0 Å². The van der Waals surface area contributed by atoms with E-state index in [1.807, 2.05) is 4.90 Å². The highest BCUT2D eigenvalue weighted by Crippen LogP contribution is 2.18. The van der Waals surface area contributed by atoms with Crippen LogP contribution in [0.1, 0.15) is 52.7 Å². The summed E-state index contributed by atoms with van der Waals surface area (Å²) in [4.78, 5) is 27.1. The molecule has 0 aromatic carbocycles. The van der Waals surface area contributed by atoms with Gasteiger partial charge in [-0.1, -0.05) is 6.92 Å². The van der Waals surface area contributed by atoms with Crippen LogP contribution in [0.2, 0.25) is 0 Å². The summed E-state index contributed by atoms with van der Waals surface area (Å²) in [5.74, 6) is 0.530. The number of aromatic nitrogens is 1. The average Bonchev–Trinajstić information content (AvgIpc) is 3.04. The Kier molecular flexibility index (Phi) is 6.89. The molecule has 1 aromatic rings. The first kappa shape index (κ1) is 20.8. The van der Waals surface area contributed by atoms with Crippen molar-refractivity contribution in [2.75, 3.05) is 13.1 Å². The first-order valence-electron chi connectivity index (χ1n) is 9.53. The molecule has 1 aromatic heterocycles. The molecule has 148 valence electrons. The van der Waals surface area contributed by atoms with Crippen molar-refractivity contribution in [2.45, 2.75) is 65.1 Å². The summed E-state index contributed by atoms with van der Waals surface area (Å²) >= 11 is 0. The van der Waals surface area contributed by atoms with E-state index < -0.39 is 17.7 Å². The van der Waals surface area contributed by atoms with E-state index in [1.165, 1.54) is 0 Å². The number of hydrogen-bond acceptors (Lipinski definition) is 4. The quantitative estimate of drug-likeness (QED) is 0.858. The lowest BCUT2D eigenvalue weighted by Gasteiger charge is -2.33. The van der Waals surface area contributed by atoms with Gasteiger partial charge in [-0.2, -0.15) is 5.26 Å². The van der Waals surface area contributed by atoms with Crippen molar-refractivity contribution in [1.82, 2.24) is 14.8 Å². The van der Waals surface area contributed by atoms with E-state index in [-0.39, 0.29) is 5.91 Å². The first-order valence-corrected chi connectivity index (χ1v) is 9.53. The van der Waals surface area contributed by atoms with Crippen LogP contribution in [-0.4, -0.2) is 46.2 Å². The van der Waals surface area contributed by atoms with Crippen molar-refractivity contribution in [3.63, 3.8) is 0 Å². The molecule has 7 nitrogen and oxygen atoms in total. The summed E-state index contributed by atoms with van der Waals surface area (Å²) < 4.78 is 7.11. The van der Waals surface area contributed by atoms with Crippen molar-refractivity contribution in [1.29, 1.82) is 5.26 Å². The highest BCUT2D eigenvalue weighted by atomic mass is 16.6. The van der Waals surface area contributed by atoms with Crippen LogP contribution in [-0.2, 0) is 16.1 Å². The predicted octanol–water partition coefficient (Wildman–Crippen LogP) is 2.90. The molecule has 0 aliphatic carbocycles. The molecule has 2 heterocycles. The van der Waals surface area contributed by atoms with E-state index in [0.29, 0.717) is 37.7 Å². The van der Waals surface area contributed by atoms with Crippen molar-refractivity contribution in [2.24, 2.45) is 5.92 Å². The van der Waals surface area contributed by atoms with E-state index in [4.69, 9.17) is 10.00 Å². The van der Waals surface area contributed by atoms with Crippen LogP contribution in [0.15, 0.2) is 18.3 Å². The fraction of sp³-hybridized carbons (Fsp3) is 0.650. The molecular weight excluding hydrogens is 344 g/mol. The zero-order chi connectivity index (χ0) is 20.0. The average molecular weight is 374 g/mol. The third-order valence-electron chi connectivity index (χ3n) is 4.69. The number of amides is 2. The lowest BCUT2D eigenvalue weighted by molar-refractivity contribution is -0.135. The van der Waals surface area contributed by atoms with E-state index in [0.717, 1.165) is 12.8 Å². The number of carbonyl (C=O) groups is 2. The second-order valence-corrected chi connectivity index (χ2v) is 8.19. The maximum Gasteiger partial charge on any atom is 0.408 e. The summed E-state index contributed by atoms with van der Waals surface area (Å²) in [7, 11) is 0. The number of nitriles is 1. The van der Waals surface area contributed by atoms with Crippen molar-refractivity contribution >= 4 is 12.0 Å². The van der Waals surface area contributed by atoms with Gasteiger partial charge in [0.1, 0.15) is 23.4 Å². The molecule has 0 radical (unpaired) electrons. The minimum atomic E-state index is -0.679. The van der Waals surface area contributed by atoms with Crippen LogP contribution < -0.4 is 5.32 Å². The number of likely N-dealkylation sites (tertiary alicyclic amines) is 1. The molecule has 2 rings (SSSR count). The maximum absolute atomic E-state index is 13.0. The molecule has 1 aliphatic heterocycles. The first-order chi connectivity index (χ1) is 12.7. The molecule has 1 N–H and O–H groups in total. The number of aryl methyl sites for hydroxylation is 1. The van der Waals surface area contributed by atoms with Gasteiger partial charge in [-0.05, 0) is 58.1 Å². The van der Waals surface area contributed by atoms with Crippen LogP contribution in [0, 0.1) is 17.2 Å². The molecule has 2 amide bonds. The standard InChI is InChI=1S/C20H30N4O3/c1-15-7-11-24(12-8-15)18(25)17(22-19(26)27-20(2,3)4)9-13-23-10-5-6-16(23)14-21/h5-6,10,15,17H,7-9,11-13H2,1-4H3,(H,22,26). The van der Waals surface area contributed by atoms with E-state index in [9.17, 15) is 9.59 Å². The summed E-state index contributed by atoms with van der Waals surface area (Å²) in [6.45, 7) is 9.43. The highest BCUT2D eigenvalue weighted by molar-refractivity contribution is 5.85. The van der Waals surface area contributed by atoms with E-state index in [2.05, 4.69) is 18.3 Å². The summed E-state index contributed by atoms with van der Waals surface area (Å²) in [6.07, 6.45) is 3.55. The Balaban J connectivity index is 2.06. The SMILES string of the molecule is CC1CCN(C(=O)C(CCn2cccc2C#N)NC(=O)OC(C)(C)C)CC1. The van der Waals surface area contributed by atoms with E-state index >= 15 is 0 Å². The van der Waals surface area contributed by atoms with Gasteiger partial charge in [0.05, 0.1) is 0 Å². The Morgan fingerprint density at radius 2 is 2.04 bits per heavy atom. The molecular formula is C20H30N4O3. The molecule has 0 saturated carbocycles. The molecule has 0 bridgehead atoms. The number of nitrogens with one attached hydrogen (secondary N) is 1. The molecule has 1 atom stereocenters. The van der Waals surface area contributed by atoms with Crippen molar-refractivity contribution in [3.05, 3.63) is 24.0 Å². The van der Waals surface area contributed by atoms with Gasteiger partial charge in [-0.25, -0.2) is 4.79 Å². The fourth-order valence-corrected chi connectivity index (χ4v) is 3.14. The Labute approximate surface area is 161 Å². The Bertz CT molecular complexity index is 691. The predicted molar refractivity (Wildman–Crippen MR) is 102 cm³/mol. The monoisotopic (exact) mass is 374 g/mol. The summed E-state index contributed by atoms with van der Waals surface area (Å²) in [5, 5.41) is 11.9. The van der Waals surface area contributed by atoms with Gasteiger partial charge in [0.15, 0.2) is 0 Å². The zero-order valence-corrected chi connectivity index (χ0v) is 16.7. The van der Waals surface area contributed by atoms with E-state index in [1.54, 1.807) is 43.7 Å². The molecule has 27 heavy (non-hydrogen) atoms. The highest BCUT2D eigenvalue weighted by Gasteiger charge is 2.29. The zero-order valence-electron chi connectivity index (χ0n) is 16.7. The topological polar surface area (TPSA) is 87.4 Å². The second-order valence-electron chi connectivity index (χ2n) is 8.19. The van der Waals surface area contributed by atoms with Gasteiger partial charge in [0.25, 0.3) is 0 Å². The van der Waals surface area contributed by atoms with Crippen molar-refractivity contribution < 1.29 is 14.3 Å². The largest absolute Gasteiger partial charge is 0.444 e. The Morgan fingerprint density at radius 1 is 1.37 bits per heavy atom. The van der Waals surface area contributed by atoms with Crippen LogP contribution >= 0.6 is 0 Å². The second kappa shape index (κ2) is 8.94. The number of rotatable bonds is 5. The summed E-state index contributed by atoms with van der Waals surface area (Å²) in [5.41, 5.74) is -0.0996.